The monoisotopic (exact) mass is 410 g/mol. The number of nitrogens with zero attached hydrogens (tertiary/aromatic N) is 1. The molecule has 0 saturated carbocycles. The first-order valence-corrected chi connectivity index (χ1v) is 8.24. The molecule has 1 aliphatic rings. The van der Waals surface area contributed by atoms with E-state index < -0.39 is 12.3 Å². The second kappa shape index (κ2) is 9.80. The van der Waals surface area contributed by atoms with Gasteiger partial charge in [0.2, 0.25) is 5.91 Å². The molecule has 2 N–H and O–H groups in total. The number of carbonyl (C=O) groups is 2. The Hall–Kier alpha value is -2.00. The van der Waals surface area contributed by atoms with E-state index in [1.165, 1.54) is 24.3 Å². The van der Waals surface area contributed by atoms with Crippen LogP contribution in [0.4, 0.5) is 13.2 Å². The first-order chi connectivity index (χ1) is 12.1. The number of carboxylic acids is 1. The number of ether oxygens (including phenoxy) is 1. The summed E-state index contributed by atoms with van der Waals surface area (Å²) in [5.74, 6) is -1.70. The average Bonchev–Trinajstić information content (AvgIpc) is 2.54. The van der Waals surface area contributed by atoms with Crippen molar-refractivity contribution in [3.8, 4) is 5.75 Å². The van der Waals surface area contributed by atoms with Crippen LogP contribution in [-0.4, -0.2) is 47.9 Å². The number of halogens is 4. The molecule has 1 aromatic rings. The minimum atomic E-state index is -4.74. The highest BCUT2D eigenvalue weighted by molar-refractivity contribution is 5.85. The SMILES string of the molecule is CC(NC(=O)CN1CCC(C(=O)O)CC1)c1ccc(OC(F)(F)F)cc1.Cl. The topological polar surface area (TPSA) is 78.9 Å². The minimum Gasteiger partial charge on any atom is -0.481 e. The third kappa shape index (κ3) is 7.64. The fourth-order valence-corrected chi connectivity index (χ4v) is 2.87. The predicted octanol–water partition coefficient (Wildman–Crippen LogP) is 2.98. The van der Waals surface area contributed by atoms with Gasteiger partial charge in [0, 0.05) is 0 Å². The first kappa shape index (κ1) is 23.0. The van der Waals surface area contributed by atoms with E-state index in [0.29, 0.717) is 31.5 Å². The molecule has 1 amide bonds. The molecule has 0 spiro atoms. The zero-order valence-electron chi connectivity index (χ0n) is 14.7. The summed E-state index contributed by atoms with van der Waals surface area (Å²) >= 11 is 0. The molecular weight excluding hydrogens is 389 g/mol. The predicted molar refractivity (Wildman–Crippen MR) is 93.7 cm³/mol. The van der Waals surface area contributed by atoms with Crippen molar-refractivity contribution in [3.63, 3.8) is 0 Å². The number of carboxylic acid groups (broad SMARTS) is 1. The Morgan fingerprint density at radius 1 is 1.26 bits per heavy atom. The number of nitrogens with one attached hydrogen (secondary N) is 1. The van der Waals surface area contributed by atoms with Crippen LogP contribution in [-0.2, 0) is 9.59 Å². The first-order valence-electron chi connectivity index (χ1n) is 8.24. The van der Waals surface area contributed by atoms with Crippen LogP contribution in [0.2, 0.25) is 0 Å². The van der Waals surface area contributed by atoms with Crippen molar-refractivity contribution in [3.05, 3.63) is 29.8 Å². The smallest absolute Gasteiger partial charge is 0.481 e. The molecule has 1 aliphatic heterocycles. The van der Waals surface area contributed by atoms with Crippen LogP contribution in [0.5, 0.6) is 5.75 Å². The summed E-state index contributed by atoms with van der Waals surface area (Å²) in [6.07, 6.45) is -3.72. The lowest BCUT2D eigenvalue weighted by Gasteiger charge is -2.29. The van der Waals surface area contributed by atoms with Crippen molar-refractivity contribution in [2.75, 3.05) is 19.6 Å². The van der Waals surface area contributed by atoms with Gasteiger partial charge in [-0.1, -0.05) is 12.1 Å². The van der Waals surface area contributed by atoms with Gasteiger partial charge in [-0.2, -0.15) is 0 Å². The van der Waals surface area contributed by atoms with Crippen LogP contribution in [0.25, 0.3) is 0 Å². The van der Waals surface area contributed by atoms with Crippen molar-refractivity contribution in [2.24, 2.45) is 5.92 Å². The van der Waals surface area contributed by atoms with Crippen LogP contribution in [0.3, 0.4) is 0 Å². The van der Waals surface area contributed by atoms with E-state index in [9.17, 15) is 22.8 Å². The van der Waals surface area contributed by atoms with Gasteiger partial charge >= 0.3 is 12.3 Å². The lowest BCUT2D eigenvalue weighted by Crippen LogP contribution is -2.43. The number of aliphatic carboxylic acids is 1. The van der Waals surface area contributed by atoms with Gasteiger partial charge in [-0.25, -0.2) is 0 Å². The molecular formula is C17H22ClF3N2O4. The number of amides is 1. The van der Waals surface area contributed by atoms with E-state index in [1.807, 2.05) is 4.90 Å². The maximum Gasteiger partial charge on any atom is 0.573 e. The highest BCUT2D eigenvalue weighted by Gasteiger charge is 2.31. The van der Waals surface area contributed by atoms with Crippen molar-refractivity contribution in [1.82, 2.24) is 10.2 Å². The molecule has 1 heterocycles. The Morgan fingerprint density at radius 3 is 2.30 bits per heavy atom. The molecule has 1 unspecified atom stereocenters. The van der Waals surface area contributed by atoms with E-state index in [-0.39, 0.29) is 42.6 Å². The minimum absolute atomic E-state index is 0. The Morgan fingerprint density at radius 2 is 1.81 bits per heavy atom. The largest absolute Gasteiger partial charge is 0.573 e. The summed E-state index contributed by atoms with van der Waals surface area (Å²) in [7, 11) is 0. The third-order valence-corrected chi connectivity index (χ3v) is 4.30. The number of hydrogen-bond donors (Lipinski definition) is 2. The molecule has 6 nitrogen and oxygen atoms in total. The summed E-state index contributed by atoms with van der Waals surface area (Å²) < 4.78 is 40.2. The molecule has 2 rings (SSSR count). The van der Waals surface area contributed by atoms with E-state index >= 15 is 0 Å². The van der Waals surface area contributed by atoms with Gasteiger partial charge in [-0.15, -0.1) is 25.6 Å². The Balaban J connectivity index is 0.00000364. The number of piperidine rings is 1. The Kier molecular flexibility index (Phi) is 8.36. The Labute approximate surface area is 161 Å². The fraction of sp³-hybridized carbons (Fsp3) is 0.529. The molecule has 1 saturated heterocycles. The van der Waals surface area contributed by atoms with Gasteiger partial charge in [0.05, 0.1) is 18.5 Å². The highest BCUT2D eigenvalue weighted by Crippen LogP contribution is 2.24. The molecule has 1 fully saturated rings. The van der Waals surface area contributed by atoms with Gasteiger partial charge < -0.3 is 15.2 Å². The van der Waals surface area contributed by atoms with Gasteiger partial charge in [0.15, 0.2) is 0 Å². The van der Waals surface area contributed by atoms with Crippen LogP contribution in [0.1, 0.15) is 31.4 Å². The molecule has 10 heteroatoms. The van der Waals surface area contributed by atoms with E-state index in [2.05, 4.69) is 10.1 Å². The van der Waals surface area contributed by atoms with Crippen LogP contribution in [0.15, 0.2) is 24.3 Å². The second-order valence-corrected chi connectivity index (χ2v) is 6.29. The lowest BCUT2D eigenvalue weighted by molar-refractivity contribution is -0.274. The average molecular weight is 411 g/mol. The molecule has 0 aromatic heterocycles. The van der Waals surface area contributed by atoms with Crippen molar-refractivity contribution in [2.45, 2.75) is 32.2 Å². The molecule has 1 aromatic carbocycles. The van der Waals surface area contributed by atoms with E-state index in [4.69, 9.17) is 5.11 Å². The number of carbonyl (C=O) groups excluding carboxylic acids is 1. The number of hydrogen-bond acceptors (Lipinski definition) is 4. The van der Waals surface area contributed by atoms with Gasteiger partial charge in [0.1, 0.15) is 5.75 Å². The quantitative estimate of drug-likeness (QED) is 0.753. The lowest BCUT2D eigenvalue weighted by atomic mass is 9.97. The number of benzene rings is 1. The number of likely N-dealkylation sites (tertiary alicyclic amines) is 1. The van der Waals surface area contributed by atoms with Crippen molar-refractivity contribution < 1.29 is 32.6 Å². The summed E-state index contributed by atoms with van der Waals surface area (Å²) in [6.45, 7) is 2.98. The molecule has 152 valence electrons. The molecule has 27 heavy (non-hydrogen) atoms. The molecule has 1 atom stereocenters. The van der Waals surface area contributed by atoms with E-state index in [1.54, 1.807) is 6.92 Å². The van der Waals surface area contributed by atoms with Gasteiger partial charge in [-0.05, 0) is 50.6 Å². The number of alkyl halides is 3. The van der Waals surface area contributed by atoms with Gasteiger partial charge in [0.25, 0.3) is 0 Å². The highest BCUT2D eigenvalue weighted by atomic mass is 35.5. The maximum absolute atomic E-state index is 12.1. The Bertz CT molecular complexity index is 632. The van der Waals surface area contributed by atoms with Crippen LogP contribution >= 0.6 is 12.4 Å². The van der Waals surface area contributed by atoms with E-state index in [0.717, 1.165) is 0 Å². The summed E-state index contributed by atoms with van der Waals surface area (Å²) in [6, 6.07) is 4.94. The second-order valence-electron chi connectivity index (χ2n) is 6.29. The molecule has 0 bridgehead atoms. The zero-order chi connectivity index (χ0) is 19.3. The third-order valence-electron chi connectivity index (χ3n) is 4.30. The van der Waals surface area contributed by atoms with Gasteiger partial charge in [-0.3, -0.25) is 14.5 Å². The van der Waals surface area contributed by atoms with Crippen molar-refractivity contribution >= 4 is 24.3 Å². The molecule has 0 radical (unpaired) electrons. The normalized spacial score (nSPS) is 16.9. The molecule has 0 aliphatic carbocycles. The zero-order valence-corrected chi connectivity index (χ0v) is 15.5. The fourth-order valence-electron chi connectivity index (χ4n) is 2.87. The van der Waals surface area contributed by atoms with Crippen LogP contribution in [0, 0.1) is 5.92 Å². The number of rotatable bonds is 6. The van der Waals surface area contributed by atoms with Crippen LogP contribution < -0.4 is 10.1 Å². The summed E-state index contributed by atoms with van der Waals surface area (Å²) in [4.78, 5) is 24.9. The summed E-state index contributed by atoms with van der Waals surface area (Å²) in [5, 5.41) is 11.7. The summed E-state index contributed by atoms with van der Waals surface area (Å²) in [5.41, 5.74) is 0.650. The maximum atomic E-state index is 12.1. The standard InChI is InChI=1S/C17H21F3N2O4.ClH/c1-11(12-2-4-14(5-3-12)26-17(18,19)20)21-15(23)10-22-8-6-13(7-9-22)16(24)25;/h2-5,11,13H,6-10H2,1H3,(H,21,23)(H,24,25);1H. The van der Waals surface area contributed by atoms with Crippen molar-refractivity contribution in [1.29, 1.82) is 0 Å².